The Morgan fingerprint density at radius 3 is 2.10 bits per heavy atom. The molecule has 0 spiro atoms. The molecular formula is C18H12Cl2N2O6S2. The molecule has 0 bridgehead atoms. The monoisotopic (exact) mass is 486 g/mol. The molecule has 0 heterocycles. The second-order valence-corrected chi connectivity index (χ2v) is 10.4. The molecule has 3 aromatic carbocycles. The summed E-state index contributed by atoms with van der Waals surface area (Å²) in [6, 6.07) is 13.5. The zero-order valence-corrected chi connectivity index (χ0v) is 18.0. The Hall–Kier alpha value is -2.66. The van der Waals surface area contributed by atoms with E-state index in [0.29, 0.717) is 5.02 Å². The van der Waals surface area contributed by atoms with Gasteiger partial charge in [-0.05, 0) is 48.5 Å². The van der Waals surface area contributed by atoms with Crippen LogP contribution in [-0.2, 0) is 19.9 Å². The molecule has 0 saturated heterocycles. The fourth-order valence-electron chi connectivity index (χ4n) is 2.50. The predicted molar refractivity (Wildman–Crippen MR) is 112 cm³/mol. The largest absolute Gasteiger partial charge is 0.279 e. The van der Waals surface area contributed by atoms with Gasteiger partial charge in [-0.15, -0.1) is 0 Å². The molecule has 156 valence electrons. The topological polar surface area (TPSA) is 123 Å². The number of sulfone groups is 1. The molecule has 0 saturated carbocycles. The van der Waals surface area contributed by atoms with E-state index in [4.69, 9.17) is 23.2 Å². The van der Waals surface area contributed by atoms with Crippen LogP contribution in [-0.4, -0.2) is 21.8 Å². The van der Waals surface area contributed by atoms with Crippen LogP contribution in [0.15, 0.2) is 81.4 Å². The first-order valence-corrected chi connectivity index (χ1v) is 11.8. The molecule has 8 nitrogen and oxygen atoms in total. The van der Waals surface area contributed by atoms with E-state index in [1.165, 1.54) is 48.5 Å². The molecule has 1 N–H and O–H groups in total. The molecule has 0 aliphatic heterocycles. The summed E-state index contributed by atoms with van der Waals surface area (Å²) in [5.41, 5.74) is -0.397. The highest BCUT2D eigenvalue weighted by molar-refractivity contribution is 7.93. The maximum atomic E-state index is 12.8. The second-order valence-electron chi connectivity index (χ2n) is 5.96. The van der Waals surface area contributed by atoms with Gasteiger partial charge in [-0.1, -0.05) is 29.3 Å². The lowest BCUT2D eigenvalue weighted by molar-refractivity contribution is -0.384. The van der Waals surface area contributed by atoms with Crippen LogP contribution in [0.3, 0.4) is 0 Å². The van der Waals surface area contributed by atoms with Gasteiger partial charge in [0.2, 0.25) is 9.84 Å². The number of halogens is 2. The molecule has 3 aromatic rings. The van der Waals surface area contributed by atoms with Gasteiger partial charge in [0.05, 0.1) is 25.4 Å². The smallest absolute Gasteiger partial charge is 0.271 e. The van der Waals surface area contributed by atoms with E-state index in [0.717, 1.165) is 18.2 Å². The number of nitrogens with zero attached hydrogens (tertiary/aromatic N) is 1. The fourth-order valence-corrected chi connectivity index (χ4v) is 5.56. The van der Waals surface area contributed by atoms with E-state index in [-0.39, 0.29) is 26.2 Å². The fraction of sp³-hybridized carbons (Fsp3) is 0. The highest BCUT2D eigenvalue weighted by Crippen LogP contribution is 2.30. The van der Waals surface area contributed by atoms with Crippen molar-refractivity contribution in [1.29, 1.82) is 0 Å². The Labute approximate surface area is 182 Å². The first kappa shape index (κ1) is 22.0. The van der Waals surface area contributed by atoms with Crippen molar-refractivity contribution in [3.8, 4) is 0 Å². The van der Waals surface area contributed by atoms with Crippen LogP contribution in [0.4, 0.5) is 11.4 Å². The van der Waals surface area contributed by atoms with Crippen LogP contribution >= 0.6 is 23.2 Å². The van der Waals surface area contributed by atoms with Crippen molar-refractivity contribution in [1.82, 2.24) is 0 Å². The van der Waals surface area contributed by atoms with Gasteiger partial charge in [-0.25, -0.2) is 16.8 Å². The van der Waals surface area contributed by atoms with Gasteiger partial charge in [0.1, 0.15) is 4.90 Å². The minimum atomic E-state index is -4.35. The minimum absolute atomic E-state index is 0.0776. The van der Waals surface area contributed by atoms with Crippen molar-refractivity contribution < 1.29 is 21.8 Å². The first-order valence-electron chi connectivity index (χ1n) is 8.08. The van der Waals surface area contributed by atoms with Crippen LogP contribution in [0, 0.1) is 10.1 Å². The molecule has 3 rings (SSSR count). The molecule has 30 heavy (non-hydrogen) atoms. The van der Waals surface area contributed by atoms with Crippen molar-refractivity contribution in [2.24, 2.45) is 0 Å². The Morgan fingerprint density at radius 1 is 0.833 bits per heavy atom. The van der Waals surface area contributed by atoms with E-state index in [1.54, 1.807) is 0 Å². The summed E-state index contributed by atoms with van der Waals surface area (Å²) in [5.74, 6) is 0. The number of anilines is 1. The average molecular weight is 487 g/mol. The summed E-state index contributed by atoms with van der Waals surface area (Å²) < 4.78 is 53.4. The van der Waals surface area contributed by atoms with E-state index in [9.17, 15) is 26.9 Å². The van der Waals surface area contributed by atoms with Gasteiger partial charge in [-0.2, -0.15) is 0 Å². The third-order valence-electron chi connectivity index (χ3n) is 3.94. The minimum Gasteiger partial charge on any atom is -0.279 e. The molecular weight excluding hydrogens is 475 g/mol. The van der Waals surface area contributed by atoms with Crippen molar-refractivity contribution >= 4 is 54.4 Å². The number of nitrogens with one attached hydrogen (secondary N) is 1. The molecule has 0 fully saturated rings. The SMILES string of the molecule is O=[N+]([O-])c1cccc(NS(=O)(=O)c2cc(S(=O)(=O)c3ccc(Cl)cc3)ccc2Cl)c1. The zero-order chi connectivity index (χ0) is 22.1. The second kappa shape index (κ2) is 8.23. The number of nitro benzene ring substituents is 1. The summed E-state index contributed by atoms with van der Waals surface area (Å²) in [5, 5.41) is 11.0. The van der Waals surface area contributed by atoms with E-state index >= 15 is 0 Å². The van der Waals surface area contributed by atoms with Crippen LogP contribution in [0.5, 0.6) is 0 Å². The summed E-state index contributed by atoms with van der Waals surface area (Å²) in [6.45, 7) is 0. The Morgan fingerprint density at radius 2 is 1.47 bits per heavy atom. The van der Waals surface area contributed by atoms with E-state index < -0.39 is 29.7 Å². The summed E-state index contributed by atoms with van der Waals surface area (Å²) in [4.78, 5) is 9.34. The quantitative estimate of drug-likeness (QED) is 0.402. The molecule has 0 radical (unpaired) electrons. The third kappa shape index (κ3) is 4.57. The number of nitro groups is 1. The summed E-state index contributed by atoms with van der Waals surface area (Å²) in [7, 11) is -8.39. The van der Waals surface area contributed by atoms with Gasteiger partial charge in [-0.3, -0.25) is 14.8 Å². The van der Waals surface area contributed by atoms with Crippen molar-refractivity contribution in [3.63, 3.8) is 0 Å². The van der Waals surface area contributed by atoms with Gasteiger partial charge in [0.25, 0.3) is 15.7 Å². The number of non-ortho nitro benzene ring substituents is 1. The number of hydrogen-bond donors (Lipinski definition) is 1. The highest BCUT2D eigenvalue weighted by Gasteiger charge is 2.24. The van der Waals surface area contributed by atoms with Crippen LogP contribution in [0.25, 0.3) is 0 Å². The molecule has 0 aliphatic carbocycles. The Kier molecular flexibility index (Phi) is 6.04. The maximum Gasteiger partial charge on any atom is 0.271 e. The predicted octanol–water partition coefficient (Wildman–Crippen LogP) is 4.54. The molecule has 0 unspecified atom stereocenters. The van der Waals surface area contributed by atoms with Gasteiger partial charge in [0.15, 0.2) is 0 Å². The van der Waals surface area contributed by atoms with Crippen molar-refractivity contribution in [2.45, 2.75) is 14.7 Å². The molecule has 0 amide bonds. The van der Waals surface area contributed by atoms with Crippen molar-refractivity contribution in [3.05, 3.63) is 86.9 Å². The number of sulfonamides is 1. The van der Waals surface area contributed by atoms with Crippen LogP contribution in [0.2, 0.25) is 10.0 Å². The third-order valence-corrected chi connectivity index (χ3v) is 7.82. The Balaban J connectivity index is 2.03. The number of rotatable bonds is 6. The molecule has 0 aromatic heterocycles. The first-order chi connectivity index (χ1) is 14.0. The van der Waals surface area contributed by atoms with E-state index in [1.807, 2.05) is 0 Å². The van der Waals surface area contributed by atoms with Gasteiger partial charge >= 0.3 is 0 Å². The van der Waals surface area contributed by atoms with Gasteiger partial charge in [0, 0.05) is 17.2 Å². The van der Waals surface area contributed by atoms with Crippen molar-refractivity contribution in [2.75, 3.05) is 4.72 Å². The lowest BCUT2D eigenvalue weighted by Gasteiger charge is -2.12. The number of hydrogen-bond acceptors (Lipinski definition) is 6. The summed E-state index contributed by atoms with van der Waals surface area (Å²) >= 11 is 11.8. The lowest BCUT2D eigenvalue weighted by atomic mass is 10.3. The average Bonchev–Trinajstić information content (AvgIpc) is 2.68. The molecule has 12 heteroatoms. The standard InChI is InChI=1S/C18H12Cl2N2O6S2/c19-12-4-6-15(7-5-12)29(25,26)16-8-9-17(20)18(11-16)30(27,28)21-13-2-1-3-14(10-13)22(23)24/h1-11,21H. The zero-order valence-electron chi connectivity index (χ0n) is 14.8. The Bertz CT molecular complexity index is 1340. The summed E-state index contributed by atoms with van der Waals surface area (Å²) in [6.07, 6.45) is 0. The normalized spacial score (nSPS) is 11.8. The molecule has 0 atom stereocenters. The van der Waals surface area contributed by atoms with Gasteiger partial charge < -0.3 is 0 Å². The molecule has 0 aliphatic rings. The maximum absolute atomic E-state index is 12.8. The van der Waals surface area contributed by atoms with E-state index in [2.05, 4.69) is 4.72 Å². The van der Waals surface area contributed by atoms with Crippen LogP contribution < -0.4 is 4.72 Å². The highest BCUT2D eigenvalue weighted by atomic mass is 35.5. The van der Waals surface area contributed by atoms with Crippen LogP contribution in [0.1, 0.15) is 0 Å². The lowest BCUT2D eigenvalue weighted by Crippen LogP contribution is -2.14. The number of benzene rings is 3.